The van der Waals surface area contributed by atoms with Gasteiger partial charge in [-0.25, -0.2) is 0 Å². The Morgan fingerprint density at radius 1 is 0.912 bits per heavy atom. The van der Waals surface area contributed by atoms with Crippen LogP contribution in [0.1, 0.15) is 38.9 Å². The van der Waals surface area contributed by atoms with E-state index in [0.717, 1.165) is 35.7 Å². The number of nitrogens with zero attached hydrogens (tertiary/aromatic N) is 1. The summed E-state index contributed by atoms with van der Waals surface area (Å²) in [6.45, 7) is 8.57. The Balaban J connectivity index is 1.30. The zero-order valence-corrected chi connectivity index (χ0v) is 20.2. The van der Waals surface area contributed by atoms with Crippen LogP contribution in [-0.4, -0.2) is 42.7 Å². The fraction of sp³-hybridized carbons (Fsp3) is 0.345. The maximum atomic E-state index is 12.0. The molecule has 0 aromatic heterocycles. The number of carbonyl (C=O) groups is 1. The number of rotatable bonds is 7. The molecule has 0 aliphatic carbocycles. The van der Waals surface area contributed by atoms with E-state index in [2.05, 4.69) is 41.3 Å². The first-order valence-electron chi connectivity index (χ1n) is 11.8. The van der Waals surface area contributed by atoms with Crippen LogP contribution >= 0.6 is 0 Å². The fourth-order valence-corrected chi connectivity index (χ4v) is 3.98. The number of benzene rings is 3. The molecule has 1 aliphatic heterocycles. The minimum atomic E-state index is -0.446. The highest BCUT2D eigenvalue weighted by Gasteiger charge is 2.23. The van der Waals surface area contributed by atoms with Crippen LogP contribution in [0.5, 0.6) is 11.5 Å². The summed E-state index contributed by atoms with van der Waals surface area (Å²) in [5.41, 5.74) is 3.01. The van der Waals surface area contributed by atoms with Crippen molar-refractivity contribution in [3.63, 3.8) is 0 Å². The van der Waals surface area contributed by atoms with Gasteiger partial charge in [0.15, 0.2) is 0 Å². The minimum Gasteiger partial charge on any atom is -0.460 e. The van der Waals surface area contributed by atoms with Crippen molar-refractivity contribution < 1.29 is 19.0 Å². The van der Waals surface area contributed by atoms with E-state index < -0.39 is 5.60 Å². The number of carbonyl (C=O) groups excluding carboxylic acids is 1. The van der Waals surface area contributed by atoms with Crippen molar-refractivity contribution in [2.75, 3.05) is 26.2 Å². The Morgan fingerprint density at radius 3 is 2.18 bits per heavy atom. The van der Waals surface area contributed by atoms with Gasteiger partial charge in [-0.05, 0) is 61.7 Å². The average molecular weight is 460 g/mol. The largest absolute Gasteiger partial charge is 0.460 e. The Bertz CT molecular complexity index is 1060. The van der Waals surface area contributed by atoms with Crippen molar-refractivity contribution in [1.29, 1.82) is 0 Å². The predicted molar refractivity (Wildman–Crippen MR) is 134 cm³/mol. The Kier molecular flexibility index (Phi) is 7.66. The van der Waals surface area contributed by atoms with Crippen LogP contribution < -0.4 is 4.74 Å². The molecule has 0 spiro atoms. The Labute approximate surface area is 202 Å². The lowest BCUT2D eigenvalue weighted by Gasteiger charge is -2.33. The maximum Gasteiger partial charge on any atom is 0.307 e. The van der Waals surface area contributed by atoms with Crippen LogP contribution in [0.2, 0.25) is 0 Å². The van der Waals surface area contributed by atoms with Gasteiger partial charge in [0, 0.05) is 19.6 Å². The number of hydrogen-bond donors (Lipinski definition) is 0. The van der Waals surface area contributed by atoms with Crippen molar-refractivity contribution in [3.8, 4) is 22.6 Å². The standard InChI is InChI=1S/C29H33NO4/c1-29(2,3)34-28(31)17-18-30-19-20-32-27(21-30)24-11-15-26(16-12-24)33-25-13-9-23(10-14-25)22-7-5-4-6-8-22/h4-16,27H,17-21H2,1-3H3. The first-order chi connectivity index (χ1) is 16.4. The normalized spacial score (nSPS) is 16.7. The van der Waals surface area contributed by atoms with Gasteiger partial charge < -0.3 is 14.2 Å². The minimum absolute atomic E-state index is 0.0217. The van der Waals surface area contributed by atoms with Crippen molar-refractivity contribution in [2.24, 2.45) is 0 Å². The van der Waals surface area contributed by atoms with Gasteiger partial charge in [0.25, 0.3) is 0 Å². The fourth-order valence-electron chi connectivity index (χ4n) is 3.98. The molecule has 1 fully saturated rings. The Hall–Kier alpha value is -3.15. The summed E-state index contributed by atoms with van der Waals surface area (Å²) in [5.74, 6) is 1.43. The van der Waals surface area contributed by atoms with Crippen molar-refractivity contribution in [1.82, 2.24) is 4.90 Å². The summed E-state index contributed by atoms with van der Waals surface area (Å²) in [7, 11) is 0. The maximum absolute atomic E-state index is 12.0. The molecular formula is C29H33NO4. The summed E-state index contributed by atoms with van der Waals surface area (Å²) in [4.78, 5) is 14.3. The van der Waals surface area contributed by atoms with Gasteiger partial charge in [-0.15, -0.1) is 0 Å². The van der Waals surface area contributed by atoms with Gasteiger partial charge in [-0.1, -0.05) is 54.6 Å². The van der Waals surface area contributed by atoms with Crippen LogP contribution in [0.3, 0.4) is 0 Å². The molecule has 1 aliphatic rings. The number of morpholine rings is 1. The highest BCUT2D eigenvalue weighted by molar-refractivity contribution is 5.70. The topological polar surface area (TPSA) is 48.0 Å². The first-order valence-corrected chi connectivity index (χ1v) is 11.8. The van der Waals surface area contributed by atoms with Crippen LogP contribution in [0.4, 0.5) is 0 Å². The second kappa shape index (κ2) is 10.9. The number of hydrogen-bond acceptors (Lipinski definition) is 5. The molecule has 0 radical (unpaired) electrons. The van der Waals surface area contributed by atoms with E-state index in [1.165, 1.54) is 5.56 Å². The van der Waals surface area contributed by atoms with Crippen LogP contribution in [-0.2, 0) is 14.3 Å². The van der Waals surface area contributed by atoms with Crippen LogP contribution in [0.25, 0.3) is 11.1 Å². The molecule has 1 saturated heterocycles. The van der Waals surface area contributed by atoms with E-state index in [4.69, 9.17) is 14.2 Å². The third-order valence-electron chi connectivity index (χ3n) is 5.65. The zero-order valence-electron chi connectivity index (χ0n) is 20.2. The lowest BCUT2D eigenvalue weighted by Crippen LogP contribution is -2.39. The molecule has 1 heterocycles. The molecule has 5 heteroatoms. The van der Waals surface area contributed by atoms with Gasteiger partial charge in [0.1, 0.15) is 17.1 Å². The van der Waals surface area contributed by atoms with E-state index in [0.29, 0.717) is 19.6 Å². The van der Waals surface area contributed by atoms with Crippen molar-refractivity contribution in [2.45, 2.75) is 38.9 Å². The molecule has 0 N–H and O–H groups in total. The predicted octanol–water partition coefficient (Wildman–Crippen LogP) is 6.25. The van der Waals surface area contributed by atoms with E-state index in [9.17, 15) is 4.79 Å². The molecule has 0 saturated carbocycles. The number of esters is 1. The summed E-state index contributed by atoms with van der Waals surface area (Å²) >= 11 is 0. The highest BCUT2D eigenvalue weighted by Crippen LogP contribution is 2.28. The van der Waals surface area contributed by atoms with E-state index in [1.54, 1.807) is 0 Å². The smallest absolute Gasteiger partial charge is 0.307 e. The summed E-state index contributed by atoms with van der Waals surface area (Å²) in [5, 5.41) is 0. The Morgan fingerprint density at radius 2 is 1.53 bits per heavy atom. The van der Waals surface area contributed by atoms with Gasteiger partial charge in [0.05, 0.1) is 19.1 Å². The average Bonchev–Trinajstić information content (AvgIpc) is 2.83. The van der Waals surface area contributed by atoms with Crippen LogP contribution in [0, 0.1) is 0 Å². The quantitative estimate of drug-likeness (QED) is 0.391. The molecule has 3 aromatic carbocycles. The highest BCUT2D eigenvalue weighted by atomic mass is 16.6. The van der Waals surface area contributed by atoms with Gasteiger partial charge in [0.2, 0.25) is 0 Å². The molecular weight excluding hydrogens is 426 g/mol. The molecule has 178 valence electrons. The first kappa shape index (κ1) is 24.0. The van der Waals surface area contributed by atoms with Gasteiger partial charge in [-0.3, -0.25) is 9.69 Å². The lowest BCUT2D eigenvalue weighted by atomic mass is 10.1. The van der Waals surface area contributed by atoms with E-state index in [1.807, 2.05) is 63.2 Å². The molecule has 1 unspecified atom stereocenters. The number of ether oxygens (including phenoxy) is 3. The molecule has 5 nitrogen and oxygen atoms in total. The molecule has 4 rings (SSSR count). The van der Waals surface area contributed by atoms with E-state index >= 15 is 0 Å². The van der Waals surface area contributed by atoms with Gasteiger partial charge in [-0.2, -0.15) is 0 Å². The summed E-state index contributed by atoms with van der Waals surface area (Å²) < 4.78 is 17.5. The van der Waals surface area contributed by atoms with Crippen molar-refractivity contribution in [3.05, 3.63) is 84.4 Å². The van der Waals surface area contributed by atoms with Crippen LogP contribution in [0.15, 0.2) is 78.9 Å². The molecule has 1 atom stereocenters. The SMILES string of the molecule is CC(C)(C)OC(=O)CCN1CCOC(c2ccc(Oc3ccc(-c4ccccc4)cc3)cc2)C1. The summed E-state index contributed by atoms with van der Waals surface area (Å²) in [6, 6.07) is 26.5. The monoisotopic (exact) mass is 459 g/mol. The van der Waals surface area contributed by atoms with Crippen molar-refractivity contribution >= 4 is 5.97 Å². The third-order valence-corrected chi connectivity index (χ3v) is 5.65. The summed E-state index contributed by atoms with van der Waals surface area (Å²) in [6.07, 6.45) is 0.367. The molecule has 0 amide bonds. The zero-order chi connectivity index (χ0) is 24.0. The molecule has 3 aromatic rings. The second-order valence-electron chi connectivity index (χ2n) is 9.56. The lowest BCUT2D eigenvalue weighted by molar-refractivity contribution is -0.155. The molecule has 0 bridgehead atoms. The third kappa shape index (κ3) is 6.92. The van der Waals surface area contributed by atoms with Gasteiger partial charge >= 0.3 is 5.97 Å². The molecule has 34 heavy (non-hydrogen) atoms. The van der Waals surface area contributed by atoms with E-state index in [-0.39, 0.29) is 12.1 Å². The second-order valence-corrected chi connectivity index (χ2v) is 9.56.